The molecule has 236 valence electrons. The van der Waals surface area contributed by atoms with Crippen LogP contribution in [0.5, 0.6) is 17.2 Å². The van der Waals surface area contributed by atoms with E-state index in [0.29, 0.717) is 68.6 Å². The first-order valence-corrected chi connectivity index (χ1v) is 16.5. The number of aromatic nitrogens is 3. The fraction of sp³-hybridized carbons (Fsp3) is 0.303. The number of nitrogens with zero attached hydrogens (tertiary/aromatic N) is 3. The highest BCUT2D eigenvalue weighted by Crippen LogP contribution is 2.40. The fourth-order valence-corrected chi connectivity index (χ4v) is 6.05. The summed E-state index contributed by atoms with van der Waals surface area (Å²) in [6, 6.07) is 17.7. The van der Waals surface area contributed by atoms with E-state index < -0.39 is 6.04 Å². The van der Waals surface area contributed by atoms with Gasteiger partial charge in [-0.2, -0.15) is 4.98 Å². The predicted molar refractivity (Wildman–Crippen MR) is 180 cm³/mol. The van der Waals surface area contributed by atoms with Gasteiger partial charge in [-0.1, -0.05) is 66.2 Å². The summed E-state index contributed by atoms with van der Waals surface area (Å²) >= 11 is 14.0. The second-order valence-corrected chi connectivity index (χ2v) is 12.0. The number of fused-ring (bicyclic) bond motifs is 1. The molecule has 1 atom stereocenters. The summed E-state index contributed by atoms with van der Waals surface area (Å²) in [5.74, 6) is 2.79. The Labute approximate surface area is 277 Å². The summed E-state index contributed by atoms with van der Waals surface area (Å²) < 4.78 is 19.7. The van der Waals surface area contributed by atoms with Crippen LogP contribution in [-0.4, -0.2) is 39.6 Å². The van der Waals surface area contributed by atoms with Gasteiger partial charge in [0.15, 0.2) is 11.5 Å². The Morgan fingerprint density at radius 3 is 2.51 bits per heavy atom. The van der Waals surface area contributed by atoms with Gasteiger partial charge in [-0.05, 0) is 69.2 Å². The lowest BCUT2D eigenvalue weighted by atomic mass is 9.94. The Bertz CT molecular complexity index is 1710. The quantitative estimate of drug-likeness (QED) is 0.137. The van der Waals surface area contributed by atoms with Gasteiger partial charge in [-0.3, -0.25) is 4.79 Å². The molecule has 9 nitrogen and oxygen atoms in total. The van der Waals surface area contributed by atoms with Gasteiger partial charge in [0.1, 0.15) is 18.4 Å². The summed E-state index contributed by atoms with van der Waals surface area (Å²) in [5, 5.41) is 12.9. The Kier molecular flexibility index (Phi) is 10.8. The third-order valence-electron chi connectivity index (χ3n) is 6.93. The molecule has 3 aromatic carbocycles. The molecule has 0 bridgehead atoms. The van der Waals surface area contributed by atoms with Crippen LogP contribution < -0.4 is 24.8 Å². The average Bonchev–Trinajstić information content (AvgIpc) is 3.42. The van der Waals surface area contributed by atoms with Gasteiger partial charge in [0.2, 0.25) is 11.1 Å². The van der Waals surface area contributed by atoms with Crippen LogP contribution in [0, 0.1) is 0 Å². The number of hydrogen-bond acceptors (Lipinski definition) is 8. The standard InChI is InChI=1S/C33H35Cl2N5O4S/c1-5-16-45-33-38-32-36-20(4)29(31(41)37-25-10-8-9-11-26(25)42-6-2)30(40(32)39-33)21-13-15-27(28(17-21)43-7-3)44-19-22-12-14-23(34)18-24(22)35/h8-15,17-18,30H,5-7,16,19H2,1-4H3,(H,37,41)(H,36,38,39). The van der Waals surface area contributed by atoms with Gasteiger partial charge in [-0.15, -0.1) is 5.10 Å². The molecule has 45 heavy (non-hydrogen) atoms. The van der Waals surface area contributed by atoms with Crippen molar-refractivity contribution < 1.29 is 19.0 Å². The summed E-state index contributed by atoms with van der Waals surface area (Å²) in [4.78, 5) is 18.8. The van der Waals surface area contributed by atoms with Gasteiger partial charge >= 0.3 is 0 Å². The highest BCUT2D eigenvalue weighted by molar-refractivity contribution is 7.99. The van der Waals surface area contributed by atoms with Crippen LogP contribution in [0.2, 0.25) is 10.0 Å². The number of benzene rings is 3. The summed E-state index contributed by atoms with van der Waals surface area (Å²) in [7, 11) is 0. The van der Waals surface area contributed by atoms with Crippen LogP contribution in [-0.2, 0) is 11.4 Å². The van der Waals surface area contributed by atoms with Crippen LogP contribution in [0.1, 0.15) is 51.3 Å². The minimum absolute atomic E-state index is 0.222. The minimum atomic E-state index is -0.608. The van der Waals surface area contributed by atoms with Crippen LogP contribution in [0.15, 0.2) is 77.1 Å². The number of rotatable bonds is 13. The molecule has 5 rings (SSSR count). The molecule has 4 aromatic rings. The smallest absolute Gasteiger partial charge is 0.255 e. The van der Waals surface area contributed by atoms with Crippen molar-refractivity contribution in [1.82, 2.24) is 14.8 Å². The maximum atomic E-state index is 14.1. The molecule has 0 fully saturated rings. The highest BCUT2D eigenvalue weighted by Gasteiger charge is 2.35. The van der Waals surface area contributed by atoms with Crippen molar-refractivity contribution in [2.45, 2.75) is 51.9 Å². The first-order valence-electron chi connectivity index (χ1n) is 14.8. The molecule has 1 aliphatic heterocycles. The Morgan fingerprint density at radius 1 is 0.978 bits per heavy atom. The number of hydrogen-bond donors (Lipinski definition) is 2. The van der Waals surface area contributed by atoms with Crippen LogP contribution >= 0.6 is 35.0 Å². The largest absolute Gasteiger partial charge is 0.492 e. The van der Waals surface area contributed by atoms with Crippen molar-refractivity contribution in [3.05, 3.63) is 93.1 Å². The number of ether oxygens (including phenoxy) is 3. The zero-order valence-corrected chi connectivity index (χ0v) is 27.9. The van der Waals surface area contributed by atoms with Crippen molar-refractivity contribution >= 4 is 52.5 Å². The van der Waals surface area contributed by atoms with Crippen molar-refractivity contribution in [3.8, 4) is 17.2 Å². The third-order valence-corrected chi connectivity index (χ3v) is 8.56. The number of nitrogens with one attached hydrogen (secondary N) is 2. The van der Waals surface area contributed by atoms with Gasteiger partial charge in [0.25, 0.3) is 5.91 Å². The molecule has 0 saturated heterocycles. The zero-order valence-electron chi connectivity index (χ0n) is 25.5. The Balaban J connectivity index is 1.53. The lowest BCUT2D eigenvalue weighted by molar-refractivity contribution is -0.113. The molecule has 1 aliphatic rings. The number of anilines is 2. The van der Waals surface area contributed by atoms with E-state index in [4.69, 9.17) is 47.5 Å². The number of para-hydroxylation sites is 2. The number of amides is 1. The summed E-state index contributed by atoms with van der Waals surface area (Å²) in [5.41, 5.74) is 3.29. The molecule has 2 heterocycles. The molecule has 1 aromatic heterocycles. The predicted octanol–water partition coefficient (Wildman–Crippen LogP) is 8.39. The lowest BCUT2D eigenvalue weighted by Crippen LogP contribution is -2.31. The second-order valence-electron chi connectivity index (χ2n) is 10.1. The van der Waals surface area contributed by atoms with E-state index in [0.717, 1.165) is 23.3 Å². The van der Waals surface area contributed by atoms with Gasteiger partial charge in [-0.25, -0.2) is 4.68 Å². The fourth-order valence-electron chi connectivity index (χ4n) is 4.91. The van der Waals surface area contributed by atoms with E-state index in [1.165, 1.54) is 0 Å². The molecule has 0 aliphatic carbocycles. The van der Waals surface area contributed by atoms with Gasteiger partial charge in [0, 0.05) is 27.1 Å². The topological polar surface area (TPSA) is 99.5 Å². The average molecular weight is 669 g/mol. The van der Waals surface area contributed by atoms with Crippen LogP contribution in [0.3, 0.4) is 0 Å². The van der Waals surface area contributed by atoms with Gasteiger partial charge in [0.05, 0.1) is 24.5 Å². The highest BCUT2D eigenvalue weighted by atomic mass is 35.5. The Hall–Kier alpha value is -3.86. The van der Waals surface area contributed by atoms with E-state index in [2.05, 4.69) is 17.6 Å². The van der Waals surface area contributed by atoms with E-state index in [-0.39, 0.29) is 12.5 Å². The Morgan fingerprint density at radius 2 is 1.76 bits per heavy atom. The van der Waals surface area contributed by atoms with E-state index in [1.54, 1.807) is 28.6 Å². The first kappa shape index (κ1) is 32.5. The lowest BCUT2D eigenvalue weighted by Gasteiger charge is -2.29. The van der Waals surface area contributed by atoms with Crippen LogP contribution in [0.25, 0.3) is 0 Å². The molecule has 1 unspecified atom stereocenters. The van der Waals surface area contributed by atoms with Crippen molar-refractivity contribution in [2.75, 3.05) is 29.6 Å². The number of allylic oxidation sites excluding steroid dienone is 1. The molecule has 0 saturated carbocycles. The number of thioether (sulfide) groups is 1. The third kappa shape index (κ3) is 7.52. The van der Waals surface area contributed by atoms with Crippen molar-refractivity contribution in [3.63, 3.8) is 0 Å². The van der Waals surface area contributed by atoms with Crippen LogP contribution in [0.4, 0.5) is 11.6 Å². The first-order chi connectivity index (χ1) is 21.8. The van der Waals surface area contributed by atoms with Crippen molar-refractivity contribution in [1.29, 1.82) is 0 Å². The van der Waals surface area contributed by atoms with E-state index in [9.17, 15) is 4.79 Å². The molecule has 0 radical (unpaired) electrons. The second kappa shape index (κ2) is 14.9. The van der Waals surface area contributed by atoms with Gasteiger partial charge < -0.3 is 24.8 Å². The van der Waals surface area contributed by atoms with E-state index in [1.807, 2.05) is 69.3 Å². The molecular formula is C33H35Cl2N5O4S. The number of carbonyl (C=O) groups excluding carboxylic acids is 1. The molecule has 2 N–H and O–H groups in total. The normalized spacial score (nSPS) is 14.0. The maximum Gasteiger partial charge on any atom is 0.255 e. The summed E-state index contributed by atoms with van der Waals surface area (Å²) in [6.45, 7) is 8.89. The maximum absolute atomic E-state index is 14.1. The molecule has 1 amide bonds. The van der Waals surface area contributed by atoms with Crippen molar-refractivity contribution in [2.24, 2.45) is 0 Å². The molecule has 0 spiro atoms. The minimum Gasteiger partial charge on any atom is -0.492 e. The molecular weight excluding hydrogens is 633 g/mol. The number of halogens is 2. The SMILES string of the molecule is CCCSc1nc2n(n1)C(c1ccc(OCc3ccc(Cl)cc3Cl)c(OCC)c1)C(C(=O)Nc1ccccc1OCC)=C(C)N2. The number of carbonyl (C=O) groups is 1. The monoisotopic (exact) mass is 667 g/mol. The molecule has 12 heteroatoms. The summed E-state index contributed by atoms with van der Waals surface area (Å²) in [6.07, 6.45) is 0.982. The zero-order chi connectivity index (χ0) is 31.9. The van der Waals surface area contributed by atoms with E-state index >= 15 is 0 Å².